The number of sulfone groups is 1. The van der Waals surface area contributed by atoms with Gasteiger partial charge in [0.05, 0.1) is 5.60 Å². The number of ether oxygens (including phenoxy) is 2. The first kappa shape index (κ1) is 11.8. The second kappa shape index (κ2) is 3.61. The predicted octanol–water partition coefficient (Wildman–Crippen LogP) is 0.886. The molecule has 6 heteroatoms. The molecule has 1 N–H and O–H groups in total. The first-order valence-corrected chi connectivity index (χ1v) is 7.62. The summed E-state index contributed by atoms with van der Waals surface area (Å²) >= 11 is 0. The van der Waals surface area contributed by atoms with Crippen LogP contribution in [0.3, 0.4) is 0 Å². The molecule has 3 rings (SSSR count). The van der Waals surface area contributed by atoms with Crippen LogP contribution in [0.4, 0.5) is 0 Å². The molecule has 98 valence electrons. The molecule has 0 spiro atoms. The highest BCUT2D eigenvalue weighted by atomic mass is 32.2. The highest BCUT2D eigenvalue weighted by molar-refractivity contribution is 7.90. The Morgan fingerprint density at radius 1 is 1.33 bits per heavy atom. The van der Waals surface area contributed by atoms with E-state index < -0.39 is 15.4 Å². The molecule has 1 fully saturated rings. The molecule has 2 aliphatic rings. The molecule has 0 unspecified atom stereocenters. The largest absolute Gasteiger partial charge is 0.454 e. The van der Waals surface area contributed by atoms with E-state index in [0.717, 1.165) is 6.26 Å². The van der Waals surface area contributed by atoms with Gasteiger partial charge in [-0.25, -0.2) is 8.42 Å². The molecule has 1 aromatic rings. The van der Waals surface area contributed by atoms with Crippen LogP contribution in [0.1, 0.15) is 18.4 Å². The van der Waals surface area contributed by atoms with Gasteiger partial charge in [-0.2, -0.15) is 0 Å². The van der Waals surface area contributed by atoms with Gasteiger partial charge in [0, 0.05) is 12.7 Å². The lowest BCUT2D eigenvalue weighted by Crippen LogP contribution is -2.14. The standard InChI is InChI=1S/C12H14O5S/c1-18(14,15)11-8(6-12(13)4-5-12)2-3-9-10(11)17-7-16-9/h2-3,13H,4-7H2,1H3. The van der Waals surface area contributed by atoms with Crippen molar-refractivity contribution in [3.05, 3.63) is 17.7 Å². The first-order valence-electron chi connectivity index (χ1n) is 5.73. The minimum absolute atomic E-state index is 0.0333. The van der Waals surface area contributed by atoms with Crippen molar-refractivity contribution in [2.45, 2.75) is 29.8 Å². The zero-order valence-corrected chi connectivity index (χ0v) is 10.8. The molecule has 1 aliphatic heterocycles. The van der Waals surface area contributed by atoms with Crippen molar-refractivity contribution < 1.29 is 23.0 Å². The number of benzene rings is 1. The molecule has 1 saturated carbocycles. The molecule has 0 aromatic heterocycles. The van der Waals surface area contributed by atoms with E-state index in [9.17, 15) is 13.5 Å². The van der Waals surface area contributed by atoms with Crippen molar-refractivity contribution >= 4 is 9.84 Å². The highest BCUT2D eigenvalue weighted by Crippen LogP contribution is 2.44. The Balaban J connectivity index is 2.14. The summed E-state index contributed by atoms with van der Waals surface area (Å²) in [4.78, 5) is 0.151. The molecule has 0 radical (unpaired) electrons. The van der Waals surface area contributed by atoms with E-state index in [0.29, 0.717) is 30.6 Å². The Morgan fingerprint density at radius 2 is 2.06 bits per heavy atom. The van der Waals surface area contributed by atoms with Crippen LogP contribution >= 0.6 is 0 Å². The minimum Gasteiger partial charge on any atom is -0.454 e. The molecular formula is C12H14O5S. The molecule has 0 amide bonds. The number of hydrogen-bond acceptors (Lipinski definition) is 5. The molecule has 0 atom stereocenters. The maximum atomic E-state index is 11.9. The van der Waals surface area contributed by atoms with Crippen molar-refractivity contribution in [1.29, 1.82) is 0 Å². The first-order chi connectivity index (χ1) is 8.39. The lowest BCUT2D eigenvalue weighted by molar-refractivity contribution is 0.150. The summed E-state index contributed by atoms with van der Waals surface area (Å²) < 4.78 is 34.2. The number of rotatable bonds is 3. The molecule has 18 heavy (non-hydrogen) atoms. The summed E-state index contributed by atoms with van der Waals surface area (Å²) in [6, 6.07) is 3.39. The van der Waals surface area contributed by atoms with Crippen LogP contribution in [-0.2, 0) is 16.3 Å². The van der Waals surface area contributed by atoms with Gasteiger partial charge >= 0.3 is 0 Å². The van der Waals surface area contributed by atoms with E-state index in [-0.39, 0.29) is 17.4 Å². The number of fused-ring (bicyclic) bond motifs is 1. The monoisotopic (exact) mass is 270 g/mol. The summed E-state index contributed by atoms with van der Waals surface area (Å²) in [5.74, 6) is 0.723. The van der Waals surface area contributed by atoms with Gasteiger partial charge in [-0.15, -0.1) is 0 Å². The Bertz CT molecular complexity index is 601. The zero-order chi connectivity index (χ0) is 13.0. The number of hydrogen-bond donors (Lipinski definition) is 1. The maximum Gasteiger partial charge on any atom is 0.231 e. The Labute approximate surface area is 105 Å². The zero-order valence-electron chi connectivity index (χ0n) is 9.97. The molecule has 5 nitrogen and oxygen atoms in total. The van der Waals surface area contributed by atoms with Gasteiger partial charge in [-0.1, -0.05) is 6.07 Å². The Morgan fingerprint density at radius 3 is 2.67 bits per heavy atom. The van der Waals surface area contributed by atoms with Crippen LogP contribution in [0.2, 0.25) is 0 Å². The third-order valence-corrected chi connectivity index (χ3v) is 4.48. The average molecular weight is 270 g/mol. The molecule has 0 saturated heterocycles. The number of aliphatic hydroxyl groups is 1. The topological polar surface area (TPSA) is 72.8 Å². The van der Waals surface area contributed by atoms with Gasteiger partial charge in [0.15, 0.2) is 21.3 Å². The van der Waals surface area contributed by atoms with Crippen molar-refractivity contribution in [3.8, 4) is 11.5 Å². The Kier molecular flexibility index (Phi) is 2.37. The normalized spacial score (nSPS) is 19.9. The lowest BCUT2D eigenvalue weighted by Gasteiger charge is -2.13. The van der Waals surface area contributed by atoms with E-state index in [1.165, 1.54) is 0 Å². The van der Waals surface area contributed by atoms with Gasteiger partial charge in [0.2, 0.25) is 6.79 Å². The second-order valence-corrected chi connectivity index (χ2v) is 6.91. The van der Waals surface area contributed by atoms with Gasteiger partial charge in [0.1, 0.15) is 4.90 Å². The fourth-order valence-electron chi connectivity index (χ4n) is 2.21. The summed E-state index contributed by atoms with van der Waals surface area (Å²) in [7, 11) is -3.42. The summed E-state index contributed by atoms with van der Waals surface area (Å²) in [6.07, 6.45) is 2.91. The van der Waals surface area contributed by atoms with Crippen LogP contribution in [0.25, 0.3) is 0 Å². The molecule has 0 bridgehead atoms. The fourth-order valence-corrected chi connectivity index (χ4v) is 3.32. The SMILES string of the molecule is CS(=O)(=O)c1c(CC2(O)CC2)ccc2c1OCO2. The van der Waals surface area contributed by atoms with Crippen molar-refractivity contribution in [2.75, 3.05) is 13.0 Å². The van der Waals surface area contributed by atoms with Gasteiger partial charge < -0.3 is 14.6 Å². The van der Waals surface area contributed by atoms with Gasteiger partial charge in [-0.05, 0) is 24.5 Å². The smallest absolute Gasteiger partial charge is 0.231 e. The van der Waals surface area contributed by atoms with E-state index in [1.807, 2.05) is 0 Å². The van der Waals surface area contributed by atoms with E-state index in [2.05, 4.69) is 0 Å². The molecule has 1 heterocycles. The average Bonchev–Trinajstić information content (AvgIpc) is 2.81. The molecule has 1 aromatic carbocycles. The van der Waals surface area contributed by atoms with Crippen molar-refractivity contribution in [2.24, 2.45) is 0 Å². The second-order valence-electron chi connectivity index (χ2n) is 4.96. The lowest BCUT2D eigenvalue weighted by atomic mass is 10.1. The highest BCUT2D eigenvalue weighted by Gasteiger charge is 2.42. The summed E-state index contributed by atoms with van der Waals surface area (Å²) in [5.41, 5.74) is -0.144. The summed E-state index contributed by atoms with van der Waals surface area (Å²) in [6.45, 7) is 0.0333. The minimum atomic E-state index is -3.42. The van der Waals surface area contributed by atoms with Crippen LogP contribution in [-0.4, -0.2) is 32.2 Å². The quantitative estimate of drug-likeness (QED) is 0.883. The third kappa shape index (κ3) is 1.95. The predicted molar refractivity (Wildman–Crippen MR) is 63.6 cm³/mol. The molecular weight excluding hydrogens is 256 g/mol. The van der Waals surface area contributed by atoms with Gasteiger partial charge in [0.25, 0.3) is 0 Å². The fraction of sp³-hybridized carbons (Fsp3) is 0.500. The van der Waals surface area contributed by atoms with E-state index in [4.69, 9.17) is 9.47 Å². The van der Waals surface area contributed by atoms with Gasteiger partial charge in [-0.3, -0.25) is 0 Å². The van der Waals surface area contributed by atoms with E-state index >= 15 is 0 Å². The third-order valence-electron chi connectivity index (χ3n) is 3.29. The van der Waals surface area contributed by atoms with Crippen LogP contribution in [0, 0.1) is 0 Å². The Hall–Kier alpha value is -1.27. The van der Waals surface area contributed by atoms with E-state index in [1.54, 1.807) is 12.1 Å². The van der Waals surface area contributed by atoms with Crippen LogP contribution < -0.4 is 9.47 Å². The van der Waals surface area contributed by atoms with Crippen LogP contribution in [0.5, 0.6) is 11.5 Å². The van der Waals surface area contributed by atoms with Crippen molar-refractivity contribution in [1.82, 2.24) is 0 Å². The van der Waals surface area contributed by atoms with Crippen molar-refractivity contribution in [3.63, 3.8) is 0 Å². The molecule has 1 aliphatic carbocycles. The maximum absolute atomic E-state index is 11.9. The summed E-state index contributed by atoms with van der Waals surface area (Å²) in [5, 5.41) is 9.95. The van der Waals surface area contributed by atoms with Crippen LogP contribution in [0.15, 0.2) is 17.0 Å².